The zero-order valence-electron chi connectivity index (χ0n) is 12.4. The topological polar surface area (TPSA) is 70.8 Å². The number of aryl methyl sites for hydroxylation is 1. The van der Waals surface area contributed by atoms with Crippen molar-refractivity contribution in [1.29, 1.82) is 0 Å². The van der Waals surface area contributed by atoms with E-state index in [9.17, 15) is 4.79 Å². The molecule has 21 heavy (non-hydrogen) atoms. The Bertz CT molecular complexity index is 648. The van der Waals surface area contributed by atoms with Crippen LogP contribution in [0.15, 0.2) is 22.6 Å². The number of hydrogen-bond donors (Lipinski definition) is 0. The maximum atomic E-state index is 11.9. The smallest absolute Gasteiger partial charge is 0.360 e. The quantitative estimate of drug-likeness (QED) is 0.789. The monoisotopic (exact) mass is 291 g/mol. The molecule has 1 aromatic heterocycles. The predicted octanol–water partition coefficient (Wildman–Crippen LogP) is 2.84. The lowest BCUT2D eigenvalue weighted by Gasteiger charge is -2.08. The number of esters is 1. The first-order chi connectivity index (χ1) is 10.1. The normalized spacial score (nSPS) is 10.3. The molecule has 0 unspecified atom stereocenters. The number of hydrogen-bond acceptors (Lipinski definition) is 6. The molecular formula is C15H17NO5. The van der Waals surface area contributed by atoms with Crippen molar-refractivity contribution >= 4 is 5.97 Å². The molecule has 0 saturated carbocycles. The van der Waals surface area contributed by atoms with Gasteiger partial charge in [-0.05, 0) is 25.1 Å². The van der Waals surface area contributed by atoms with Crippen LogP contribution in [0, 0.1) is 6.92 Å². The van der Waals surface area contributed by atoms with Crippen LogP contribution in [-0.2, 0) is 4.74 Å². The van der Waals surface area contributed by atoms with E-state index in [4.69, 9.17) is 18.6 Å². The average Bonchev–Trinajstić information content (AvgIpc) is 2.88. The largest absolute Gasteiger partial charge is 0.493 e. The number of rotatable bonds is 5. The third-order valence-electron chi connectivity index (χ3n) is 2.85. The lowest BCUT2D eigenvalue weighted by Crippen LogP contribution is -2.06. The van der Waals surface area contributed by atoms with Crippen LogP contribution < -0.4 is 9.47 Å². The van der Waals surface area contributed by atoms with Crippen molar-refractivity contribution in [2.24, 2.45) is 0 Å². The molecule has 0 radical (unpaired) electrons. The summed E-state index contributed by atoms with van der Waals surface area (Å²) in [5.74, 6) is 1.36. The average molecular weight is 291 g/mol. The number of aromatic nitrogens is 1. The van der Waals surface area contributed by atoms with E-state index in [1.165, 1.54) is 0 Å². The first-order valence-electron chi connectivity index (χ1n) is 6.47. The van der Waals surface area contributed by atoms with Gasteiger partial charge in [-0.1, -0.05) is 0 Å². The molecule has 0 atom stereocenters. The molecule has 1 aromatic carbocycles. The van der Waals surface area contributed by atoms with Gasteiger partial charge >= 0.3 is 5.97 Å². The van der Waals surface area contributed by atoms with Gasteiger partial charge < -0.3 is 18.6 Å². The molecule has 0 aliphatic heterocycles. The Morgan fingerprint density at radius 3 is 2.57 bits per heavy atom. The number of carbonyl (C=O) groups is 1. The van der Waals surface area contributed by atoms with E-state index in [2.05, 4.69) is 4.98 Å². The van der Waals surface area contributed by atoms with Crippen LogP contribution in [0.4, 0.5) is 0 Å². The minimum Gasteiger partial charge on any atom is -0.493 e. The molecule has 0 bridgehead atoms. The van der Waals surface area contributed by atoms with Gasteiger partial charge in [0.15, 0.2) is 28.8 Å². The molecule has 0 spiro atoms. The Labute approximate surface area is 122 Å². The molecule has 0 aliphatic rings. The van der Waals surface area contributed by atoms with Gasteiger partial charge in [0.05, 0.1) is 20.8 Å². The van der Waals surface area contributed by atoms with E-state index in [0.29, 0.717) is 28.7 Å². The zero-order valence-corrected chi connectivity index (χ0v) is 12.4. The Morgan fingerprint density at radius 2 is 1.95 bits per heavy atom. The van der Waals surface area contributed by atoms with Gasteiger partial charge in [0.25, 0.3) is 0 Å². The minimum atomic E-state index is -0.515. The SMILES string of the molecule is CCOC(=O)c1nc(C)oc1-c1ccc(OC)c(OC)c1. The van der Waals surface area contributed by atoms with Crippen LogP contribution in [-0.4, -0.2) is 31.8 Å². The maximum absolute atomic E-state index is 11.9. The van der Waals surface area contributed by atoms with E-state index in [0.717, 1.165) is 0 Å². The molecule has 2 rings (SSSR count). The highest BCUT2D eigenvalue weighted by molar-refractivity contribution is 5.93. The molecule has 0 N–H and O–H groups in total. The van der Waals surface area contributed by atoms with Crippen LogP contribution in [0.1, 0.15) is 23.3 Å². The first kappa shape index (κ1) is 14.9. The summed E-state index contributed by atoms with van der Waals surface area (Å²) in [6, 6.07) is 5.23. The Balaban J connectivity index is 2.49. The Kier molecular flexibility index (Phi) is 4.47. The second-order valence-electron chi connectivity index (χ2n) is 4.20. The third kappa shape index (κ3) is 2.99. The Morgan fingerprint density at radius 1 is 1.24 bits per heavy atom. The van der Waals surface area contributed by atoms with E-state index >= 15 is 0 Å². The second kappa shape index (κ2) is 6.30. The lowest BCUT2D eigenvalue weighted by atomic mass is 10.1. The van der Waals surface area contributed by atoms with Crippen molar-refractivity contribution in [3.63, 3.8) is 0 Å². The highest BCUT2D eigenvalue weighted by Crippen LogP contribution is 2.34. The molecular weight excluding hydrogens is 274 g/mol. The fourth-order valence-corrected chi connectivity index (χ4v) is 1.94. The highest BCUT2D eigenvalue weighted by atomic mass is 16.5. The molecule has 2 aromatic rings. The van der Waals surface area contributed by atoms with Gasteiger partial charge in [0, 0.05) is 12.5 Å². The lowest BCUT2D eigenvalue weighted by molar-refractivity contribution is 0.0520. The summed E-state index contributed by atoms with van der Waals surface area (Å²) in [6.45, 7) is 3.68. The van der Waals surface area contributed by atoms with E-state index in [1.807, 2.05) is 0 Å². The van der Waals surface area contributed by atoms with Crippen molar-refractivity contribution in [2.45, 2.75) is 13.8 Å². The Hall–Kier alpha value is -2.50. The van der Waals surface area contributed by atoms with Gasteiger partial charge in [0.1, 0.15) is 0 Å². The van der Waals surface area contributed by atoms with Crippen LogP contribution in [0.2, 0.25) is 0 Å². The summed E-state index contributed by atoms with van der Waals surface area (Å²) in [5.41, 5.74) is 0.817. The van der Waals surface area contributed by atoms with Gasteiger partial charge in [-0.3, -0.25) is 0 Å². The van der Waals surface area contributed by atoms with Crippen LogP contribution in [0.5, 0.6) is 11.5 Å². The summed E-state index contributed by atoms with van der Waals surface area (Å²) in [6.07, 6.45) is 0. The van der Waals surface area contributed by atoms with Gasteiger partial charge in [-0.25, -0.2) is 9.78 Å². The highest BCUT2D eigenvalue weighted by Gasteiger charge is 2.22. The maximum Gasteiger partial charge on any atom is 0.360 e. The summed E-state index contributed by atoms with van der Waals surface area (Å²) in [7, 11) is 3.10. The summed E-state index contributed by atoms with van der Waals surface area (Å²) in [4.78, 5) is 16.0. The number of methoxy groups -OCH3 is 2. The fraction of sp³-hybridized carbons (Fsp3) is 0.333. The number of carbonyl (C=O) groups excluding carboxylic acids is 1. The van der Waals surface area contributed by atoms with Gasteiger partial charge in [-0.2, -0.15) is 0 Å². The predicted molar refractivity (Wildman–Crippen MR) is 75.7 cm³/mol. The van der Waals surface area contributed by atoms with Crippen molar-refractivity contribution in [1.82, 2.24) is 4.98 Å². The zero-order chi connectivity index (χ0) is 15.4. The second-order valence-corrected chi connectivity index (χ2v) is 4.20. The van der Waals surface area contributed by atoms with Crippen molar-refractivity contribution in [2.75, 3.05) is 20.8 Å². The van der Waals surface area contributed by atoms with E-state index in [1.54, 1.807) is 46.3 Å². The standard InChI is InChI=1S/C15H17NO5/c1-5-20-15(17)13-14(21-9(2)16-13)10-6-7-11(18-3)12(8-10)19-4/h6-8H,5H2,1-4H3. The summed E-state index contributed by atoms with van der Waals surface area (Å²) >= 11 is 0. The van der Waals surface area contributed by atoms with Crippen molar-refractivity contribution in [3.05, 3.63) is 29.8 Å². The van der Waals surface area contributed by atoms with Crippen LogP contribution in [0.25, 0.3) is 11.3 Å². The van der Waals surface area contributed by atoms with Gasteiger partial charge in [-0.15, -0.1) is 0 Å². The van der Waals surface area contributed by atoms with Crippen LogP contribution in [0.3, 0.4) is 0 Å². The molecule has 0 saturated heterocycles. The molecule has 0 fully saturated rings. The van der Waals surface area contributed by atoms with E-state index < -0.39 is 5.97 Å². The van der Waals surface area contributed by atoms with Gasteiger partial charge in [0.2, 0.25) is 0 Å². The number of benzene rings is 1. The number of ether oxygens (including phenoxy) is 3. The van der Waals surface area contributed by atoms with Crippen molar-refractivity contribution < 1.29 is 23.4 Å². The van der Waals surface area contributed by atoms with Crippen molar-refractivity contribution in [3.8, 4) is 22.8 Å². The summed E-state index contributed by atoms with van der Waals surface area (Å²) in [5, 5.41) is 0. The minimum absolute atomic E-state index is 0.154. The summed E-state index contributed by atoms with van der Waals surface area (Å²) < 4.78 is 21.0. The molecule has 1 heterocycles. The fourth-order valence-electron chi connectivity index (χ4n) is 1.94. The first-order valence-corrected chi connectivity index (χ1v) is 6.47. The molecule has 0 aliphatic carbocycles. The van der Waals surface area contributed by atoms with E-state index in [-0.39, 0.29) is 12.3 Å². The molecule has 6 heteroatoms. The molecule has 6 nitrogen and oxygen atoms in total. The number of oxazole rings is 1. The molecule has 0 amide bonds. The number of nitrogens with zero attached hydrogens (tertiary/aromatic N) is 1. The third-order valence-corrected chi connectivity index (χ3v) is 2.85. The molecule has 112 valence electrons. The van der Waals surface area contributed by atoms with Crippen LogP contribution >= 0.6 is 0 Å².